The number of hydrogen-bond acceptors (Lipinski definition) is 1. The molecule has 0 saturated carbocycles. The quantitative estimate of drug-likeness (QED) is 0.682. The molecule has 3 heteroatoms. The molecule has 0 unspecified atom stereocenters. The van der Waals surface area contributed by atoms with E-state index in [9.17, 15) is 0 Å². The van der Waals surface area contributed by atoms with E-state index in [1.54, 1.807) is 0 Å². The lowest BCUT2D eigenvalue weighted by atomic mass is 10.1. The van der Waals surface area contributed by atoms with Crippen LogP contribution >= 0.6 is 27.5 Å². The van der Waals surface area contributed by atoms with Crippen LogP contribution in [0.4, 0.5) is 0 Å². The van der Waals surface area contributed by atoms with Gasteiger partial charge in [-0.1, -0.05) is 27.5 Å². The van der Waals surface area contributed by atoms with E-state index in [1.807, 2.05) is 12.1 Å². The maximum absolute atomic E-state index is 5.87. The molecule has 1 aliphatic rings. The molecule has 0 atom stereocenters. The number of benzene rings is 1. The summed E-state index contributed by atoms with van der Waals surface area (Å²) in [6.07, 6.45) is 2.17. The first-order chi connectivity index (χ1) is 5.77. The molecule has 0 spiro atoms. The molecule has 1 aliphatic heterocycles. The van der Waals surface area contributed by atoms with Crippen molar-refractivity contribution in [3.63, 3.8) is 0 Å². The fourth-order valence-corrected chi connectivity index (χ4v) is 2.36. The van der Waals surface area contributed by atoms with Crippen LogP contribution < -0.4 is 4.74 Å². The van der Waals surface area contributed by atoms with Gasteiger partial charge >= 0.3 is 0 Å². The highest BCUT2D eigenvalue weighted by Gasteiger charge is 2.13. The van der Waals surface area contributed by atoms with E-state index in [0.717, 1.165) is 34.7 Å². The zero-order chi connectivity index (χ0) is 8.55. The molecule has 12 heavy (non-hydrogen) atoms. The van der Waals surface area contributed by atoms with Crippen LogP contribution in [-0.2, 0) is 6.42 Å². The SMILES string of the molecule is Clc1cc(Br)c2c(c1)OCCC2. The van der Waals surface area contributed by atoms with Gasteiger partial charge in [0, 0.05) is 15.1 Å². The molecule has 1 heterocycles. The fraction of sp³-hybridized carbons (Fsp3) is 0.333. The molecule has 0 bridgehead atoms. The Bertz CT molecular complexity index is 312. The van der Waals surface area contributed by atoms with Gasteiger partial charge in [-0.2, -0.15) is 0 Å². The molecule has 0 N–H and O–H groups in total. The number of rotatable bonds is 0. The Balaban J connectivity index is 2.53. The zero-order valence-corrected chi connectivity index (χ0v) is 8.78. The highest BCUT2D eigenvalue weighted by Crippen LogP contribution is 2.34. The minimum atomic E-state index is 0.725. The summed E-state index contributed by atoms with van der Waals surface area (Å²) in [7, 11) is 0. The second-order valence-corrected chi connectivity index (χ2v) is 4.11. The van der Waals surface area contributed by atoms with Gasteiger partial charge in [-0.05, 0) is 25.0 Å². The third kappa shape index (κ3) is 1.46. The van der Waals surface area contributed by atoms with Gasteiger partial charge in [-0.15, -0.1) is 0 Å². The van der Waals surface area contributed by atoms with Gasteiger partial charge in [0.25, 0.3) is 0 Å². The standard InChI is InChI=1S/C9H8BrClO/c10-8-4-6(11)5-9-7(8)2-1-3-12-9/h4-5H,1-3H2. The highest BCUT2D eigenvalue weighted by molar-refractivity contribution is 9.10. The van der Waals surface area contributed by atoms with Crippen molar-refractivity contribution < 1.29 is 4.74 Å². The summed E-state index contributed by atoms with van der Waals surface area (Å²) in [6.45, 7) is 0.805. The van der Waals surface area contributed by atoms with Crippen LogP contribution in [0.2, 0.25) is 5.02 Å². The molecule has 2 rings (SSSR count). The minimum Gasteiger partial charge on any atom is -0.493 e. The van der Waals surface area contributed by atoms with E-state index in [1.165, 1.54) is 5.56 Å². The molecule has 0 fully saturated rings. The molecule has 0 radical (unpaired) electrons. The van der Waals surface area contributed by atoms with Crippen molar-refractivity contribution in [1.29, 1.82) is 0 Å². The van der Waals surface area contributed by atoms with Crippen LogP contribution in [0.5, 0.6) is 5.75 Å². The molecule has 1 aromatic carbocycles. The first-order valence-electron chi connectivity index (χ1n) is 3.88. The van der Waals surface area contributed by atoms with Crippen molar-refractivity contribution in [1.82, 2.24) is 0 Å². The van der Waals surface area contributed by atoms with Gasteiger partial charge in [-0.25, -0.2) is 0 Å². The summed E-state index contributed by atoms with van der Waals surface area (Å²) in [5, 5.41) is 0.725. The van der Waals surface area contributed by atoms with Crippen molar-refractivity contribution in [2.24, 2.45) is 0 Å². The minimum absolute atomic E-state index is 0.725. The summed E-state index contributed by atoms with van der Waals surface area (Å²) in [5.74, 6) is 0.931. The summed E-state index contributed by atoms with van der Waals surface area (Å²) >= 11 is 9.34. The molecule has 64 valence electrons. The average Bonchev–Trinajstić information content (AvgIpc) is 2.04. The number of ether oxygens (including phenoxy) is 1. The lowest BCUT2D eigenvalue weighted by Gasteiger charge is -2.18. The predicted octanol–water partition coefficient (Wildman–Crippen LogP) is 3.43. The predicted molar refractivity (Wildman–Crippen MR) is 53.0 cm³/mol. The van der Waals surface area contributed by atoms with Crippen LogP contribution in [0.1, 0.15) is 12.0 Å². The van der Waals surface area contributed by atoms with Crippen molar-refractivity contribution in [3.8, 4) is 5.75 Å². The number of halogens is 2. The van der Waals surface area contributed by atoms with Gasteiger partial charge < -0.3 is 4.74 Å². The molecule has 0 aliphatic carbocycles. The first-order valence-corrected chi connectivity index (χ1v) is 5.05. The van der Waals surface area contributed by atoms with E-state index in [2.05, 4.69) is 15.9 Å². The largest absolute Gasteiger partial charge is 0.493 e. The van der Waals surface area contributed by atoms with E-state index in [4.69, 9.17) is 16.3 Å². The van der Waals surface area contributed by atoms with Gasteiger partial charge in [-0.3, -0.25) is 0 Å². The van der Waals surface area contributed by atoms with Gasteiger partial charge in [0.15, 0.2) is 0 Å². The molecule has 1 aromatic rings. The highest BCUT2D eigenvalue weighted by atomic mass is 79.9. The van der Waals surface area contributed by atoms with Crippen molar-refractivity contribution in [2.45, 2.75) is 12.8 Å². The van der Waals surface area contributed by atoms with Gasteiger partial charge in [0.2, 0.25) is 0 Å². The van der Waals surface area contributed by atoms with E-state index in [0.29, 0.717) is 0 Å². The molecular formula is C9H8BrClO. The number of hydrogen-bond donors (Lipinski definition) is 0. The Labute approximate surface area is 84.8 Å². The lowest BCUT2D eigenvalue weighted by molar-refractivity contribution is 0.288. The van der Waals surface area contributed by atoms with Crippen LogP contribution in [0, 0.1) is 0 Å². The number of fused-ring (bicyclic) bond motifs is 1. The Morgan fingerprint density at radius 3 is 3.08 bits per heavy atom. The summed E-state index contributed by atoms with van der Waals surface area (Å²) in [6, 6.07) is 3.79. The second kappa shape index (κ2) is 3.27. The molecular weight excluding hydrogens is 239 g/mol. The van der Waals surface area contributed by atoms with E-state index in [-0.39, 0.29) is 0 Å². The summed E-state index contributed by atoms with van der Waals surface area (Å²) in [5.41, 5.74) is 1.24. The Morgan fingerprint density at radius 1 is 1.42 bits per heavy atom. The Morgan fingerprint density at radius 2 is 2.25 bits per heavy atom. The topological polar surface area (TPSA) is 9.23 Å². The third-order valence-corrected chi connectivity index (χ3v) is 2.87. The summed E-state index contributed by atoms with van der Waals surface area (Å²) < 4.78 is 6.53. The van der Waals surface area contributed by atoms with Crippen molar-refractivity contribution in [2.75, 3.05) is 6.61 Å². The Hall–Kier alpha value is -0.210. The fourth-order valence-electron chi connectivity index (χ4n) is 1.38. The molecule has 1 nitrogen and oxygen atoms in total. The van der Waals surface area contributed by atoms with Crippen molar-refractivity contribution in [3.05, 3.63) is 27.2 Å². The maximum Gasteiger partial charge on any atom is 0.125 e. The lowest BCUT2D eigenvalue weighted by Crippen LogP contribution is -2.08. The third-order valence-electron chi connectivity index (χ3n) is 1.95. The Kier molecular flexibility index (Phi) is 2.28. The van der Waals surface area contributed by atoms with E-state index < -0.39 is 0 Å². The van der Waals surface area contributed by atoms with Crippen molar-refractivity contribution >= 4 is 27.5 Å². The van der Waals surface area contributed by atoms with Gasteiger partial charge in [0.1, 0.15) is 5.75 Å². The van der Waals surface area contributed by atoms with Gasteiger partial charge in [0.05, 0.1) is 6.61 Å². The molecule has 0 aromatic heterocycles. The van der Waals surface area contributed by atoms with Crippen LogP contribution in [0.3, 0.4) is 0 Å². The summed E-state index contributed by atoms with van der Waals surface area (Å²) in [4.78, 5) is 0. The smallest absolute Gasteiger partial charge is 0.125 e. The van der Waals surface area contributed by atoms with E-state index >= 15 is 0 Å². The first kappa shape index (κ1) is 8.39. The monoisotopic (exact) mass is 246 g/mol. The molecule has 0 saturated heterocycles. The second-order valence-electron chi connectivity index (χ2n) is 2.82. The van der Waals surface area contributed by atoms with Crippen LogP contribution in [-0.4, -0.2) is 6.61 Å². The maximum atomic E-state index is 5.87. The average molecular weight is 248 g/mol. The normalized spacial score (nSPS) is 15.2. The van der Waals surface area contributed by atoms with Crippen LogP contribution in [0.25, 0.3) is 0 Å². The molecule has 0 amide bonds. The zero-order valence-electron chi connectivity index (χ0n) is 6.44. The van der Waals surface area contributed by atoms with Crippen LogP contribution in [0.15, 0.2) is 16.6 Å².